The average Bonchev–Trinajstić information content (AvgIpc) is 3.46. The third kappa shape index (κ3) is 4.17. The Morgan fingerprint density at radius 2 is 1.97 bits per heavy atom. The molecule has 0 spiro atoms. The van der Waals surface area contributed by atoms with Gasteiger partial charge in [0, 0.05) is 36.5 Å². The minimum absolute atomic E-state index is 0.0307. The number of fused-ring (bicyclic) bond motifs is 3. The van der Waals surface area contributed by atoms with Crippen LogP contribution in [0.1, 0.15) is 47.6 Å². The van der Waals surface area contributed by atoms with E-state index in [1.165, 1.54) is 24.7 Å². The molecule has 3 heterocycles. The molecule has 162 valence electrons. The molecule has 0 atom stereocenters. The van der Waals surface area contributed by atoms with Crippen LogP contribution in [-0.4, -0.2) is 42.5 Å². The van der Waals surface area contributed by atoms with Gasteiger partial charge in [-0.1, -0.05) is 0 Å². The minimum Gasteiger partial charge on any atom is -0.484 e. The van der Waals surface area contributed by atoms with Crippen LogP contribution >= 0.6 is 0 Å². The molecule has 31 heavy (non-hydrogen) atoms. The Bertz CT molecular complexity index is 1080. The number of amides is 2. The van der Waals surface area contributed by atoms with E-state index in [0.29, 0.717) is 37.4 Å². The fourth-order valence-electron chi connectivity index (χ4n) is 4.53. The van der Waals surface area contributed by atoms with E-state index in [1.807, 2.05) is 18.2 Å². The maximum Gasteiger partial charge on any atom is 0.289 e. The first-order valence-corrected chi connectivity index (χ1v) is 11.0. The van der Waals surface area contributed by atoms with E-state index < -0.39 is 0 Å². The lowest BCUT2D eigenvalue weighted by atomic mass is 9.96. The molecule has 1 fully saturated rings. The third-order valence-electron chi connectivity index (χ3n) is 6.18. The van der Waals surface area contributed by atoms with E-state index in [0.717, 1.165) is 29.6 Å². The summed E-state index contributed by atoms with van der Waals surface area (Å²) >= 11 is 0. The van der Waals surface area contributed by atoms with Crippen LogP contribution in [0.5, 0.6) is 5.75 Å². The Labute approximate surface area is 180 Å². The van der Waals surface area contributed by atoms with Gasteiger partial charge in [-0.2, -0.15) is 0 Å². The summed E-state index contributed by atoms with van der Waals surface area (Å²) in [6.45, 7) is 1.15. The van der Waals surface area contributed by atoms with Crippen LogP contribution in [0.25, 0.3) is 11.0 Å². The number of likely N-dealkylation sites (tertiary alicyclic amines) is 1. The van der Waals surface area contributed by atoms with Gasteiger partial charge >= 0.3 is 0 Å². The summed E-state index contributed by atoms with van der Waals surface area (Å²) in [5.74, 6) is 1.87. The third-order valence-corrected chi connectivity index (χ3v) is 6.18. The number of piperidine rings is 1. The van der Waals surface area contributed by atoms with Crippen molar-refractivity contribution < 1.29 is 23.2 Å². The number of hydrogen-bond donors (Lipinski definition) is 1. The van der Waals surface area contributed by atoms with Crippen molar-refractivity contribution in [2.24, 2.45) is 0 Å². The molecule has 5 rings (SSSR count). The second-order valence-corrected chi connectivity index (χ2v) is 8.27. The summed E-state index contributed by atoms with van der Waals surface area (Å²) in [4.78, 5) is 26.5. The molecule has 1 aliphatic carbocycles. The summed E-state index contributed by atoms with van der Waals surface area (Å²) < 4.78 is 16.9. The van der Waals surface area contributed by atoms with Gasteiger partial charge in [0.1, 0.15) is 17.1 Å². The van der Waals surface area contributed by atoms with Gasteiger partial charge in [-0.25, -0.2) is 0 Å². The van der Waals surface area contributed by atoms with Gasteiger partial charge in [-0.05, 0) is 62.4 Å². The van der Waals surface area contributed by atoms with Crippen LogP contribution in [0.4, 0.5) is 0 Å². The second kappa shape index (κ2) is 8.49. The molecular formula is C24H26N2O5. The van der Waals surface area contributed by atoms with Crippen LogP contribution in [0.15, 0.2) is 45.4 Å². The van der Waals surface area contributed by atoms with Gasteiger partial charge in [0.05, 0.1) is 6.26 Å². The Morgan fingerprint density at radius 1 is 1.13 bits per heavy atom. The molecule has 7 heteroatoms. The molecular weight excluding hydrogens is 396 g/mol. The summed E-state index contributed by atoms with van der Waals surface area (Å²) in [5, 5.41) is 4.12. The number of nitrogens with one attached hydrogen (secondary N) is 1. The molecule has 2 aromatic heterocycles. The van der Waals surface area contributed by atoms with Gasteiger partial charge < -0.3 is 23.8 Å². The highest BCUT2D eigenvalue weighted by Gasteiger charge is 2.26. The van der Waals surface area contributed by atoms with E-state index in [9.17, 15) is 9.59 Å². The van der Waals surface area contributed by atoms with E-state index in [4.69, 9.17) is 13.6 Å². The van der Waals surface area contributed by atoms with Crippen LogP contribution < -0.4 is 10.1 Å². The zero-order valence-corrected chi connectivity index (χ0v) is 17.4. The highest BCUT2D eigenvalue weighted by molar-refractivity contribution is 5.91. The lowest BCUT2D eigenvalue weighted by molar-refractivity contribution is -0.124. The molecule has 2 aliphatic rings. The Morgan fingerprint density at radius 3 is 2.77 bits per heavy atom. The Hall–Kier alpha value is -3.22. The van der Waals surface area contributed by atoms with Crippen molar-refractivity contribution in [2.75, 3.05) is 19.7 Å². The lowest BCUT2D eigenvalue weighted by Gasteiger charge is -2.31. The van der Waals surface area contributed by atoms with E-state index >= 15 is 0 Å². The fourth-order valence-corrected chi connectivity index (χ4v) is 4.53. The number of nitrogens with zero attached hydrogens (tertiary/aromatic N) is 1. The van der Waals surface area contributed by atoms with E-state index in [1.54, 1.807) is 17.0 Å². The first-order valence-electron chi connectivity index (χ1n) is 11.0. The SMILES string of the molecule is O=C(COc1ccc2oc3c(c2c1)CCCC3)NC1CCN(C(=O)c2ccco2)CC1. The van der Waals surface area contributed by atoms with Gasteiger partial charge in [0.2, 0.25) is 0 Å². The van der Waals surface area contributed by atoms with E-state index in [2.05, 4.69) is 5.32 Å². The summed E-state index contributed by atoms with van der Waals surface area (Å²) in [6, 6.07) is 9.18. The van der Waals surface area contributed by atoms with Crippen LogP contribution in [0.2, 0.25) is 0 Å². The molecule has 1 N–H and O–H groups in total. The topological polar surface area (TPSA) is 84.9 Å². The molecule has 2 amide bonds. The number of hydrogen-bond acceptors (Lipinski definition) is 5. The summed E-state index contributed by atoms with van der Waals surface area (Å²) in [6.07, 6.45) is 7.31. The first kappa shape index (κ1) is 19.7. The smallest absolute Gasteiger partial charge is 0.289 e. The quantitative estimate of drug-likeness (QED) is 0.678. The Kier molecular flexibility index (Phi) is 5.40. The van der Waals surface area contributed by atoms with E-state index in [-0.39, 0.29) is 24.5 Å². The maximum atomic E-state index is 12.4. The van der Waals surface area contributed by atoms with Crippen molar-refractivity contribution in [3.8, 4) is 5.75 Å². The number of benzene rings is 1. The molecule has 1 aliphatic heterocycles. The number of carbonyl (C=O) groups excluding carboxylic acids is 2. The number of rotatable bonds is 5. The highest BCUT2D eigenvalue weighted by atomic mass is 16.5. The lowest BCUT2D eigenvalue weighted by Crippen LogP contribution is -2.47. The maximum absolute atomic E-state index is 12.4. The first-order chi connectivity index (χ1) is 15.2. The highest BCUT2D eigenvalue weighted by Crippen LogP contribution is 2.33. The van der Waals surface area contributed by atoms with Gasteiger partial charge in [0.25, 0.3) is 11.8 Å². The number of carbonyl (C=O) groups is 2. The van der Waals surface area contributed by atoms with Crippen molar-refractivity contribution in [2.45, 2.75) is 44.6 Å². The predicted octanol–water partition coefficient (Wildman–Crippen LogP) is 3.70. The van der Waals surface area contributed by atoms with Crippen molar-refractivity contribution >= 4 is 22.8 Å². The van der Waals surface area contributed by atoms with Gasteiger partial charge in [0.15, 0.2) is 12.4 Å². The monoisotopic (exact) mass is 422 g/mol. The number of ether oxygens (including phenoxy) is 1. The standard InChI is InChI=1S/C24H26N2O5/c27-23(25-16-9-11-26(12-10-16)24(28)22-6-3-13-29-22)15-30-17-7-8-21-19(14-17)18-4-1-2-5-20(18)31-21/h3,6-8,13-14,16H,1-2,4-5,9-12,15H2,(H,25,27). The van der Waals surface area contributed by atoms with Crippen LogP contribution in [0.3, 0.4) is 0 Å². The van der Waals surface area contributed by atoms with Gasteiger partial charge in [-0.3, -0.25) is 9.59 Å². The second-order valence-electron chi connectivity index (χ2n) is 8.27. The molecule has 0 unspecified atom stereocenters. The molecule has 0 bridgehead atoms. The van der Waals surface area contributed by atoms with Crippen molar-refractivity contribution in [1.82, 2.24) is 10.2 Å². The Balaban J connectivity index is 1.12. The van der Waals surface area contributed by atoms with Crippen molar-refractivity contribution in [3.05, 3.63) is 53.7 Å². The number of aryl methyl sites for hydroxylation is 2. The van der Waals surface area contributed by atoms with Crippen molar-refractivity contribution in [3.63, 3.8) is 0 Å². The number of furan rings is 2. The molecule has 3 aromatic rings. The van der Waals surface area contributed by atoms with Crippen LogP contribution in [0, 0.1) is 0 Å². The zero-order chi connectivity index (χ0) is 21.2. The van der Waals surface area contributed by atoms with Crippen molar-refractivity contribution in [1.29, 1.82) is 0 Å². The van der Waals surface area contributed by atoms with Gasteiger partial charge in [-0.15, -0.1) is 0 Å². The molecule has 7 nitrogen and oxygen atoms in total. The zero-order valence-electron chi connectivity index (χ0n) is 17.4. The average molecular weight is 422 g/mol. The fraction of sp³-hybridized carbons (Fsp3) is 0.417. The molecule has 0 radical (unpaired) electrons. The molecule has 1 saturated heterocycles. The normalized spacial score (nSPS) is 16.8. The largest absolute Gasteiger partial charge is 0.484 e. The molecule has 1 aromatic carbocycles. The minimum atomic E-state index is -0.148. The predicted molar refractivity (Wildman–Crippen MR) is 114 cm³/mol. The summed E-state index contributed by atoms with van der Waals surface area (Å²) in [7, 11) is 0. The van der Waals surface area contributed by atoms with Crippen LogP contribution in [-0.2, 0) is 17.6 Å². The summed E-state index contributed by atoms with van der Waals surface area (Å²) in [5.41, 5.74) is 2.17. The molecule has 0 saturated carbocycles.